The van der Waals surface area contributed by atoms with E-state index in [9.17, 15) is 4.79 Å². The lowest BCUT2D eigenvalue weighted by atomic mass is 10.1. The Morgan fingerprint density at radius 1 is 1.14 bits per heavy atom. The second kappa shape index (κ2) is 6.61. The number of nitrogens with zero attached hydrogens (tertiary/aromatic N) is 2. The first-order valence-corrected chi connectivity index (χ1v) is 6.50. The molecule has 0 N–H and O–H groups in total. The maximum absolute atomic E-state index is 12.2. The maximum atomic E-state index is 12.2. The van der Waals surface area contributed by atoms with Crippen molar-refractivity contribution < 1.29 is 9.53 Å². The number of hydrogen-bond acceptors (Lipinski definition) is 4. The molecular formula is C17H16N2O2. The van der Waals surface area contributed by atoms with E-state index < -0.39 is 5.97 Å². The van der Waals surface area contributed by atoms with Gasteiger partial charge in [0, 0.05) is 11.1 Å². The number of aromatic nitrogens is 2. The molecule has 0 aliphatic carbocycles. The van der Waals surface area contributed by atoms with Crippen LogP contribution in [-0.2, 0) is 11.3 Å². The van der Waals surface area contributed by atoms with E-state index in [0.29, 0.717) is 11.3 Å². The highest BCUT2D eigenvalue weighted by Gasteiger charge is 2.18. The van der Waals surface area contributed by atoms with Crippen LogP contribution >= 0.6 is 0 Å². The van der Waals surface area contributed by atoms with E-state index in [2.05, 4.69) is 23.4 Å². The molecule has 0 unspecified atom stereocenters. The van der Waals surface area contributed by atoms with Gasteiger partial charge in [0.1, 0.15) is 6.61 Å². The zero-order chi connectivity index (χ0) is 15.2. The third-order valence-electron chi connectivity index (χ3n) is 3.05. The Balaban J connectivity index is 2.23. The number of carbonyl (C=O) groups is 1. The van der Waals surface area contributed by atoms with Crippen LogP contribution < -0.4 is 0 Å². The van der Waals surface area contributed by atoms with Crippen LogP contribution in [0.4, 0.5) is 0 Å². The number of ether oxygens (including phenoxy) is 1. The molecule has 0 atom stereocenters. The molecule has 2 aromatic rings. The van der Waals surface area contributed by atoms with E-state index >= 15 is 0 Å². The van der Waals surface area contributed by atoms with Crippen LogP contribution in [0.15, 0.2) is 43.5 Å². The van der Waals surface area contributed by atoms with Gasteiger partial charge in [-0.25, -0.2) is 4.79 Å². The minimum Gasteiger partial charge on any atom is -0.456 e. The van der Waals surface area contributed by atoms with E-state index in [1.54, 1.807) is 19.1 Å². The molecule has 0 saturated carbocycles. The van der Waals surface area contributed by atoms with E-state index in [0.717, 1.165) is 11.1 Å². The minimum absolute atomic E-state index is 0.154. The number of carbonyl (C=O) groups excluding carboxylic acids is 1. The molecule has 0 bridgehead atoms. The SMILES string of the molecule is C=Cc1c(C)nnc(C(=O)OCc2ccccc2)c1C=C. The molecule has 0 saturated heterocycles. The van der Waals surface area contributed by atoms with Crippen molar-refractivity contribution in [3.05, 3.63) is 71.6 Å². The van der Waals surface area contributed by atoms with Gasteiger partial charge >= 0.3 is 5.97 Å². The molecule has 0 fully saturated rings. The molecule has 0 spiro atoms. The van der Waals surface area contributed by atoms with E-state index in [-0.39, 0.29) is 12.3 Å². The highest BCUT2D eigenvalue weighted by molar-refractivity contribution is 5.93. The summed E-state index contributed by atoms with van der Waals surface area (Å²) >= 11 is 0. The van der Waals surface area contributed by atoms with Gasteiger partial charge in [-0.1, -0.05) is 55.6 Å². The first kappa shape index (κ1) is 14.7. The quantitative estimate of drug-likeness (QED) is 0.787. The lowest BCUT2D eigenvalue weighted by molar-refractivity contribution is 0.0464. The summed E-state index contributed by atoms with van der Waals surface area (Å²) in [5.41, 5.74) is 3.10. The Morgan fingerprint density at radius 3 is 2.43 bits per heavy atom. The van der Waals surface area contributed by atoms with Crippen LogP contribution in [-0.4, -0.2) is 16.2 Å². The van der Waals surface area contributed by atoms with Crippen molar-refractivity contribution in [3.63, 3.8) is 0 Å². The fourth-order valence-electron chi connectivity index (χ4n) is 1.96. The first-order valence-electron chi connectivity index (χ1n) is 6.50. The van der Waals surface area contributed by atoms with Gasteiger partial charge in [-0.15, -0.1) is 5.10 Å². The van der Waals surface area contributed by atoms with Gasteiger partial charge in [-0.3, -0.25) is 0 Å². The molecule has 1 aromatic heterocycles. The van der Waals surface area contributed by atoms with Crippen molar-refractivity contribution in [2.24, 2.45) is 0 Å². The summed E-state index contributed by atoms with van der Waals surface area (Å²) in [6.07, 6.45) is 3.20. The monoisotopic (exact) mass is 280 g/mol. The Bertz CT molecular complexity index is 679. The average Bonchev–Trinajstić information content (AvgIpc) is 2.53. The normalized spacial score (nSPS) is 9.95. The highest BCUT2D eigenvalue weighted by atomic mass is 16.5. The van der Waals surface area contributed by atoms with Crippen LogP contribution in [0, 0.1) is 6.92 Å². The molecule has 106 valence electrons. The molecule has 0 aliphatic rings. The maximum Gasteiger partial charge on any atom is 0.359 e. The number of hydrogen-bond donors (Lipinski definition) is 0. The van der Waals surface area contributed by atoms with Crippen LogP contribution in [0.1, 0.15) is 32.9 Å². The molecule has 21 heavy (non-hydrogen) atoms. The van der Waals surface area contributed by atoms with Crippen molar-refractivity contribution >= 4 is 18.1 Å². The third-order valence-corrected chi connectivity index (χ3v) is 3.05. The van der Waals surface area contributed by atoms with Gasteiger partial charge in [0.15, 0.2) is 5.69 Å². The molecule has 1 aromatic carbocycles. The molecule has 0 amide bonds. The average molecular weight is 280 g/mol. The summed E-state index contributed by atoms with van der Waals surface area (Å²) in [5.74, 6) is -0.524. The molecule has 0 radical (unpaired) electrons. The Morgan fingerprint density at radius 2 is 1.81 bits per heavy atom. The molecule has 1 heterocycles. The van der Waals surface area contributed by atoms with E-state index in [1.165, 1.54) is 0 Å². The summed E-state index contributed by atoms with van der Waals surface area (Å²) in [7, 11) is 0. The third kappa shape index (κ3) is 3.23. The van der Waals surface area contributed by atoms with Gasteiger partial charge < -0.3 is 4.74 Å². The molecule has 2 rings (SSSR count). The Kier molecular flexibility index (Phi) is 4.61. The van der Waals surface area contributed by atoms with E-state index in [1.807, 2.05) is 30.3 Å². The first-order chi connectivity index (χ1) is 10.2. The number of aryl methyl sites for hydroxylation is 1. The Hall–Kier alpha value is -2.75. The molecule has 4 heteroatoms. The predicted octanol–water partition coefficient (Wildman–Crippen LogP) is 3.43. The molecular weight excluding hydrogens is 264 g/mol. The lowest BCUT2D eigenvalue weighted by Gasteiger charge is -2.09. The van der Waals surface area contributed by atoms with Crippen molar-refractivity contribution in [1.82, 2.24) is 10.2 Å². The van der Waals surface area contributed by atoms with E-state index in [4.69, 9.17) is 4.74 Å². The molecule has 4 nitrogen and oxygen atoms in total. The second-order valence-corrected chi connectivity index (χ2v) is 4.43. The summed E-state index contributed by atoms with van der Waals surface area (Å²) in [6.45, 7) is 9.44. The number of rotatable bonds is 5. The van der Waals surface area contributed by atoms with Crippen molar-refractivity contribution in [3.8, 4) is 0 Å². The van der Waals surface area contributed by atoms with Crippen molar-refractivity contribution in [1.29, 1.82) is 0 Å². The highest BCUT2D eigenvalue weighted by Crippen LogP contribution is 2.19. The summed E-state index contributed by atoms with van der Waals surface area (Å²) in [6, 6.07) is 9.46. The van der Waals surface area contributed by atoms with Crippen LogP contribution in [0.25, 0.3) is 12.2 Å². The summed E-state index contributed by atoms with van der Waals surface area (Å²) in [5, 5.41) is 7.89. The minimum atomic E-state index is -0.524. The van der Waals surface area contributed by atoms with Gasteiger partial charge in [0.2, 0.25) is 0 Å². The fourth-order valence-corrected chi connectivity index (χ4v) is 1.96. The van der Waals surface area contributed by atoms with Gasteiger partial charge in [-0.05, 0) is 12.5 Å². The lowest BCUT2D eigenvalue weighted by Crippen LogP contribution is -2.12. The number of esters is 1. The fraction of sp³-hybridized carbons (Fsp3) is 0.118. The summed E-state index contributed by atoms with van der Waals surface area (Å²) in [4.78, 5) is 12.2. The van der Waals surface area contributed by atoms with Crippen LogP contribution in [0.2, 0.25) is 0 Å². The standard InChI is InChI=1S/C17H16N2O2/c1-4-14-12(3)18-19-16(15(14)5-2)17(20)21-11-13-9-7-6-8-10-13/h4-10H,1-2,11H2,3H3. The number of benzene rings is 1. The largest absolute Gasteiger partial charge is 0.456 e. The van der Waals surface area contributed by atoms with Gasteiger partial charge in [0.25, 0.3) is 0 Å². The van der Waals surface area contributed by atoms with Gasteiger partial charge in [-0.2, -0.15) is 5.10 Å². The van der Waals surface area contributed by atoms with Crippen molar-refractivity contribution in [2.45, 2.75) is 13.5 Å². The van der Waals surface area contributed by atoms with Crippen LogP contribution in [0.3, 0.4) is 0 Å². The zero-order valence-corrected chi connectivity index (χ0v) is 11.9. The van der Waals surface area contributed by atoms with Crippen LogP contribution in [0.5, 0.6) is 0 Å². The summed E-state index contributed by atoms with van der Waals surface area (Å²) < 4.78 is 5.27. The zero-order valence-electron chi connectivity index (χ0n) is 11.9. The smallest absolute Gasteiger partial charge is 0.359 e. The molecule has 0 aliphatic heterocycles. The van der Waals surface area contributed by atoms with Crippen molar-refractivity contribution in [2.75, 3.05) is 0 Å². The predicted molar refractivity (Wildman–Crippen MR) is 82.5 cm³/mol. The second-order valence-electron chi connectivity index (χ2n) is 4.43. The van der Waals surface area contributed by atoms with Gasteiger partial charge in [0.05, 0.1) is 5.69 Å². The topological polar surface area (TPSA) is 52.1 Å². The Labute approximate surface area is 123 Å².